The van der Waals surface area contributed by atoms with Gasteiger partial charge < -0.3 is 14.6 Å². The van der Waals surface area contributed by atoms with Crippen LogP contribution in [0.4, 0.5) is 4.39 Å². The minimum Gasteiger partial charge on any atom is -0.488 e. The van der Waals surface area contributed by atoms with Crippen molar-refractivity contribution >= 4 is 11.6 Å². The number of nitrogens with zero attached hydrogens (tertiary/aromatic N) is 3. The number of hydrogen-bond acceptors (Lipinski definition) is 6. The SMILES string of the molecule is COc1ncc(COc2cc(C[C@H]3CCc4c(-c5ccccc5F)cccc43)c(Cl)cc2CN2CCC(O)CC2)cn1. The molecule has 3 aromatic carbocycles. The molecule has 0 radical (unpaired) electrons. The van der Waals surface area contributed by atoms with Crippen LogP contribution in [0.1, 0.15) is 53.0 Å². The second-order valence-corrected chi connectivity index (χ2v) is 11.6. The number of aromatic nitrogens is 2. The Morgan fingerprint density at radius 1 is 0.976 bits per heavy atom. The minimum absolute atomic E-state index is 0.194. The summed E-state index contributed by atoms with van der Waals surface area (Å²) >= 11 is 6.95. The Labute approximate surface area is 251 Å². The molecule has 2 heterocycles. The topological polar surface area (TPSA) is 67.7 Å². The third-order valence-corrected chi connectivity index (χ3v) is 8.82. The number of benzene rings is 3. The van der Waals surface area contributed by atoms with E-state index >= 15 is 0 Å². The van der Waals surface area contributed by atoms with Gasteiger partial charge in [-0.1, -0.05) is 48.0 Å². The van der Waals surface area contributed by atoms with E-state index in [0.717, 1.165) is 78.2 Å². The van der Waals surface area contributed by atoms with Crippen LogP contribution < -0.4 is 9.47 Å². The predicted octanol–water partition coefficient (Wildman–Crippen LogP) is 6.75. The van der Waals surface area contributed by atoms with Gasteiger partial charge in [0.25, 0.3) is 0 Å². The van der Waals surface area contributed by atoms with E-state index in [1.165, 1.54) is 24.3 Å². The zero-order chi connectivity index (χ0) is 29.1. The largest absolute Gasteiger partial charge is 0.488 e. The van der Waals surface area contributed by atoms with Gasteiger partial charge in [-0.2, -0.15) is 0 Å². The Hall–Kier alpha value is -3.52. The number of ether oxygens (including phenoxy) is 2. The average molecular weight is 588 g/mol. The number of halogens is 2. The van der Waals surface area contributed by atoms with Crippen LogP contribution in [0.15, 0.2) is 67.0 Å². The van der Waals surface area contributed by atoms with Gasteiger partial charge in [0, 0.05) is 53.7 Å². The number of methoxy groups -OCH3 is 1. The fourth-order valence-corrected chi connectivity index (χ4v) is 6.47. The maximum Gasteiger partial charge on any atom is 0.316 e. The molecular weight excluding hydrogens is 553 g/mol. The van der Waals surface area contributed by atoms with Crippen molar-refractivity contribution in [2.24, 2.45) is 0 Å². The summed E-state index contributed by atoms with van der Waals surface area (Å²) in [5.41, 5.74) is 7.01. The van der Waals surface area contributed by atoms with Gasteiger partial charge in [-0.15, -0.1) is 0 Å². The molecule has 2 aliphatic rings. The van der Waals surface area contributed by atoms with Crippen LogP contribution in [0.2, 0.25) is 5.02 Å². The maximum absolute atomic E-state index is 14.7. The van der Waals surface area contributed by atoms with Gasteiger partial charge in [0.05, 0.1) is 13.2 Å². The normalized spacial score (nSPS) is 17.3. The first-order valence-electron chi connectivity index (χ1n) is 14.5. The van der Waals surface area contributed by atoms with Crippen molar-refractivity contribution in [3.8, 4) is 22.9 Å². The summed E-state index contributed by atoms with van der Waals surface area (Å²) in [4.78, 5) is 10.7. The number of piperidine rings is 1. The van der Waals surface area contributed by atoms with Gasteiger partial charge in [0.2, 0.25) is 0 Å². The fourth-order valence-electron chi connectivity index (χ4n) is 6.20. The number of rotatable bonds is 9. The Morgan fingerprint density at radius 2 is 1.74 bits per heavy atom. The molecule has 42 heavy (non-hydrogen) atoms. The summed E-state index contributed by atoms with van der Waals surface area (Å²) in [6.45, 7) is 2.67. The van der Waals surface area contributed by atoms with Crippen molar-refractivity contribution in [2.45, 2.75) is 57.3 Å². The van der Waals surface area contributed by atoms with E-state index in [-0.39, 0.29) is 17.8 Å². The molecule has 8 heteroatoms. The van der Waals surface area contributed by atoms with Crippen molar-refractivity contribution in [1.29, 1.82) is 0 Å². The van der Waals surface area contributed by atoms with Gasteiger partial charge in [-0.25, -0.2) is 14.4 Å². The molecular formula is C34H35ClFN3O3. The van der Waals surface area contributed by atoms with Gasteiger partial charge in [-0.05, 0) is 78.5 Å². The highest BCUT2D eigenvalue weighted by molar-refractivity contribution is 6.31. The number of hydrogen-bond donors (Lipinski definition) is 1. The molecule has 1 aliphatic carbocycles. The van der Waals surface area contributed by atoms with Crippen molar-refractivity contribution < 1.29 is 19.0 Å². The molecule has 4 aromatic rings. The molecule has 0 spiro atoms. The highest BCUT2D eigenvalue weighted by Crippen LogP contribution is 2.42. The highest BCUT2D eigenvalue weighted by atomic mass is 35.5. The molecule has 1 aromatic heterocycles. The van der Waals surface area contributed by atoms with Gasteiger partial charge in [0.1, 0.15) is 18.2 Å². The molecule has 0 amide bonds. The van der Waals surface area contributed by atoms with E-state index in [9.17, 15) is 9.50 Å². The van der Waals surface area contributed by atoms with Gasteiger partial charge in [-0.3, -0.25) is 4.90 Å². The van der Waals surface area contributed by atoms with E-state index < -0.39 is 0 Å². The van der Waals surface area contributed by atoms with Crippen LogP contribution in [-0.2, 0) is 26.0 Å². The summed E-state index contributed by atoms with van der Waals surface area (Å²) in [6.07, 6.45) is 7.36. The monoisotopic (exact) mass is 587 g/mol. The van der Waals surface area contributed by atoms with Crippen molar-refractivity contribution in [3.63, 3.8) is 0 Å². The van der Waals surface area contributed by atoms with E-state index in [2.05, 4.69) is 27.0 Å². The Balaban J connectivity index is 1.26. The van der Waals surface area contributed by atoms with Crippen LogP contribution in [-0.4, -0.2) is 46.3 Å². The fraction of sp³-hybridized carbons (Fsp3) is 0.353. The first-order valence-corrected chi connectivity index (χ1v) is 14.9. The van der Waals surface area contributed by atoms with Crippen molar-refractivity contribution in [1.82, 2.24) is 14.9 Å². The lowest BCUT2D eigenvalue weighted by Crippen LogP contribution is -2.35. The summed E-state index contributed by atoms with van der Waals surface area (Å²) in [5.74, 6) is 0.872. The highest BCUT2D eigenvalue weighted by Gasteiger charge is 2.27. The van der Waals surface area contributed by atoms with Crippen LogP contribution in [0.3, 0.4) is 0 Å². The van der Waals surface area contributed by atoms with E-state index in [1.54, 1.807) is 18.5 Å². The molecule has 6 rings (SSSR count). The number of likely N-dealkylation sites (tertiary alicyclic amines) is 1. The Morgan fingerprint density at radius 3 is 2.50 bits per heavy atom. The molecule has 0 bridgehead atoms. The maximum atomic E-state index is 14.7. The molecule has 1 aliphatic heterocycles. The molecule has 1 saturated heterocycles. The first kappa shape index (κ1) is 28.6. The van der Waals surface area contributed by atoms with Crippen LogP contribution in [0.25, 0.3) is 11.1 Å². The Kier molecular flexibility index (Phi) is 8.70. The second-order valence-electron chi connectivity index (χ2n) is 11.2. The van der Waals surface area contributed by atoms with Crippen molar-refractivity contribution in [3.05, 3.63) is 106 Å². The lowest BCUT2D eigenvalue weighted by Gasteiger charge is -2.30. The zero-order valence-corrected chi connectivity index (χ0v) is 24.5. The van der Waals surface area contributed by atoms with Crippen LogP contribution in [0.5, 0.6) is 11.8 Å². The lowest BCUT2D eigenvalue weighted by atomic mass is 9.90. The average Bonchev–Trinajstić information content (AvgIpc) is 3.42. The Bertz CT molecular complexity index is 1540. The summed E-state index contributed by atoms with van der Waals surface area (Å²) in [6, 6.07) is 17.7. The zero-order valence-electron chi connectivity index (χ0n) is 23.7. The standard InChI is InChI=1S/C34H35ClFN3O3/c1-41-34-37-18-22(19-38-34)21-42-33-17-24(31(35)16-25(33)20-39-13-11-26(40)12-14-39)15-23-9-10-29-27(23)6-4-7-28(29)30-5-2-3-8-32(30)36/h2-8,16-19,23,26,40H,9-15,20-21H2,1H3/t23-/m1/s1. The molecule has 1 atom stereocenters. The van der Waals surface area contributed by atoms with Crippen molar-refractivity contribution in [2.75, 3.05) is 20.2 Å². The summed E-state index contributed by atoms with van der Waals surface area (Å²) < 4.78 is 26.1. The lowest BCUT2D eigenvalue weighted by molar-refractivity contribution is 0.0787. The molecule has 6 nitrogen and oxygen atoms in total. The first-order chi connectivity index (χ1) is 20.5. The third-order valence-electron chi connectivity index (χ3n) is 8.46. The third kappa shape index (κ3) is 6.28. The van der Waals surface area contributed by atoms with E-state index in [0.29, 0.717) is 24.7 Å². The van der Waals surface area contributed by atoms with Gasteiger partial charge in [0.15, 0.2) is 0 Å². The number of fused-ring (bicyclic) bond motifs is 1. The molecule has 0 unspecified atom stereocenters. The summed E-state index contributed by atoms with van der Waals surface area (Å²) in [5, 5.41) is 10.7. The molecule has 1 fully saturated rings. The minimum atomic E-state index is -0.230. The van der Waals surface area contributed by atoms with Crippen LogP contribution in [0, 0.1) is 5.82 Å². The predicted molar refractivity (Wildman–Crippen MR) is 161 cm³/mol. The quantitative estimate of drug-likeness (QED) is 0.234. The van der Waals surface area contributed by atoms with Gasteiger partial charge >= 0.3 is 6.01 Å². The van der Waals surface area contributed by atoms with E-state index in [4.69, 9.17) is 21.1 Å². The molecule has 0 saturated carbocycles. The smallest absolute Gasteiger partial charge is 0.316 e. The molecule has 218 valence electrons. The van der Waals surface area contributed by atoms with Crippen LogP contribution >= 0.6 is 11.6 Å². The number of aliphatic hydroxyl groups excluding tert-OH is 1. The molecule has 1 N–H and O–H groups in total. The summed E-state index contributed by atoms with van der Waals surface area (Å²) in [7, 11) is 1.54. The number of aliphatic hydroxyl groups is 1. The second kappa shape index (κ2) is 12.8. The van der Waals surface area contributed by atoms with E-state index in [1.807, 2.05) is 30.3 Å².